The average Bonchev–Trinajstić information content (AvgIpc) is 2.63. The highest BCUT2D eigenvalue weighted by Gasteiger charge is 2.22. The van der Waals surface area contributed by atoms with Crippen LogP contribution in [-0.2, 0) is 0 Å². The molecule has 1 heterocycles. The molecule has 0 fully saturated rings. The summed E-state index contributed by atoms with van der Waals surface area (Å²) in [5.74, 6) is 0.716. The third kappa shape index (κ3) is 3.10. The Morgan fingerprint density at radius 3 is 2.62 bits per heavy atom. The fourth-order valence-corrected chi connectivity index (χ4v) is 1.55. The van der Waals surface area contributed by atoms with Crippen molar-refractivity contribution >= 4 is 5.91 Å². The molecule has 0 aliphatic heterocycles. The molecule has 2 N–H and O–H groups in total. The molecular formula is C12H20N2O2. The first-order chi connectivity index (χ1) is 7.35. The molecule has 0 bridgehead atoms. The minimum absolute atomic E-state index is 0.0293. The van der Waals surface area contributed by atoms with Gasteiger partial charge in [-0.05, 0) is 24.9 Å². The Balaban J connectivity index is 2.68. The van der Waals surface area contributed by atoms with Gasteiger partial charge in [0, 0.05) is 13.6 Å². The SMILES string of the molecule is Cc1cc(C(=O)N(C)CC(C)(C)CN)co1. The van der Waals surface area contributed by atoms with E-state index in [9.17, 15) is 4.79 Å². The molecule has 16 heavy (non-hydrogen) atoms. The quantitative estimate of drug-likeness (QED) is 0.845. The second kappa shape index (κ2) is 4.70. The smallest absolute Gasteiger partial charge is 0.256 e. The fourth-order valence-electron chi connectivity index (χ4n) is 1.55. The van der Waals surface area contributed by atoms with Crippen molar-refractivity contribution in [1.82, 2.24) is 4.90 Å². The van der Waals surface area contributed by atoms with Crippen LogP contribution in [0.5, 0.6) is 0 Å². The topological polar surface area (TPSA) is 59.5 Å². The van der Waals surface area contributed by atoms with Crippen LogP contribution in [0.3, 0.4) is 0 Å². The first-order valence-corrected chi connectivity index (χ1v) is 5.36. The Morgan fingerprint density at radius 1 is 1.56 bits per heavy atom. The molecule has 0 aromatic carbocycles. The predicted molar refractivity (Wildman–Crippen MR) is 63.2 cm³/mol. The zero-order chi connectivity index (χ0) is 12.3. The van der Waals surface area contributed by atoms with Gasteiger partial charge in [-0.2, -0.15) is 0 Å². The van der Waals surface area contributed by atoms with Crippen LogP contribution in [-0.4, -0.2) is 30.9 Å². The molecule has 1 aromatic rings. The minimum atomic E-state index is -0.0663. The molecule has 0 saturated heterocycles. The lowest BCUT2D eigenvalue weighted by molar-refractivity contribution is 0.0740. The third-order valence-corrected chi connectivity index (χ3v) is 2.54. The number of nitrogens with two attached hydrogens (primary N) is 1. The van der Waals surface area contributed by atoms with Crippen LogP contribution < -0.4 is 5.73 Å². The van der Waals surface area contributed by atoms with Gasteiger partial charge in [0.1, 0.15) is 12.0 Å². The number of rotatable bonds is 4. The Morgan fingerprint density at radius 2 is 2.19 bits per heavy atom. The van der Waals surface area contributed by atoms with Crippen molar-refractivity contribution in [1.29, 1.82) is 0 Å². The summed E-state index contributed by atoms with van der Waals surface area (Å²) in [7, 11) is 1.78. The number of hydrogen-bond donors (Lipinski definition) is 1. The first kappa shape index (κ1) is 12.8. The van der Waals surface area contributed by atoms with Crippen LogP contribution in [0.1, 0.15) is 30.0 Å². The lowest BCUT2D eigenvalue weighted by atomic mass is 9.93. The van der Waals surface area contributed by atoms with Crippen LogP contribution in [0.4, 0.5) is 0 Å². The summed E-state index contributed by atoms with van der Waals surface area (Å²) < 4.78 is 5.12. The van der Waals surface area contributed by atoms with E-state index >= 15 is 0 Å². The summed E-state index contributed by atoms with van der Waals surface area (Å²) in [6.07, 6.45) is 1.49. The standard InChI is InChI=1S/C12H20N2O2/c1-9-5-10(6-16-9)11(15)14(4)8-12(2,3)7-13/h5-6H,7-8,13H2,1-4H3. The zero-order valence-electron chi connectivity index (χ0n) is 10.4. The Labute approximate surface area is 96.4 Å². The van der Waals surface area contributed by atoms with Gasteiger partial charge in [-0.15, -0.1) is 0 Å². The van der Waals surface area contributed by atoms with Gasteiger partial charge in [0.15, 0.2) is 0 Å². The lowest BCUT2D eigenvalue weighted by Crippen LogP contribution is -2.39. The van der Waals surface area contributed by atoms with E-state index in [1.807, 2.05) is 20.8 Å². The van der Waals surface area contributed by atoms with Crippen LogP contribution in [0, 0.1) is 12.3 Å². The molecule has 1 amide bonds. The summed E-state index contributed by atoms with van der Waals surface area (Å²) in [6.45, 7) is 7.08. The highest BCUT2D eigenvalue weighted by molar-refractivity contribution is 5.93. The largest absolute Gasteiger partial charge is 0.469 e. The highest BCUT2D eigenvalue weighted by atomic mass is 16.3. The predicted octanol–water partition coefficient (Wildman–Crippen LogP) is 1.64. The number of carbonyl (C=O) groups excluding carboxylic acids is 1. The molecule has 90 valence electrons. The number of carbonyl (C=O) groups is 1. The maximum atomic E-state index is 12.0. The maximum absolute atomic E-state index is 12.0. The van der Waals surface area contributed by atoms with E-state index in [1.165, 1.54) is 6.26 Å². The second-order valence-electron chi connectivity index (χ2n) is 4.98. The summed E-state index contributed by atoms with van der Waals surface area (Å²) in [5.41, 5.74) is 6.17. The molecule has 0 aliphatic rings. The van der Waals surface area contributed by atoms with Crippen molar-refractivity contribution in [2.75, 3.05) is 20.1 Å². The van der Waals surface area contributed by atoms with Crippen molar-refractivity contribution < 1.29 is 9.21 Å². The van der Waals surface area contributed by atoms with Crippen molar-refractivity contribution in [3.8, 4) is 0 Å². The molecule has 0 radical (unpaired) electrons. The van der Waals surface area contributed by atoms with Crippen molar-refractivity contribution in [3.63, 3.8) is 0 Å². The monoisotopic (exact) mass is 224 g/mol. The van der Waals surface area contributed by atoms with Crippen molar-refractivity contribution in [2.45, 2.75) is 20.8 Å². The van der Waals surface area contributed by atoms with Crippen LogP contribution in [0.2, 0.25) is 0 Å². The van der Waals surface area contributed by atoms with E-state index in [4.69, 9.17) is 10.2 Å². The van der Waals surface area contributed by atoms with Crippen LogP contribution >= 0.6 is 0 Å². The third-order valence-electron chi connectivity index (χ3n) is 2.54. The number of hydrogen-bond acceptors (Lipinski definition) is 3. The lowest BCUT2D eigenvalue weighted by Gasteiger charge is -2.28. The first-order valence-electron chi connectivity index (χ1n) is 5.36. The Hall–Kier alpha value is -1.29. The average molecular weight is 224 g/mol. The van der Waals surface area contributed by atoms with Crippen molar-refractivity contribution in [3.05, 3.63) is 23.7 Å². The number of nitrogens with zero attached hydrogens (tertiary/aromatic N) is 1. The van der Waals surface area contributed by atoms with Crippen LogP contribution in [0.15, 0.2) is 16.7 Å². The molecular weight excluding hydrogens is 204 g/mol. The van der Waals surface area contributed by atoms with Gasteiger partial charge in [0.25, 0.3) is 5.91 Å². The molecule has 1 rings (SSSR count). The van der Waals surface area contributed by atoms with E-state index < -0.39 is 0 Å². The zero-order valence-corrected chi connectivity index (χ0v) is 10.4. The normalized spacial score (nSPS) is 11.6. The van der Waals surface area contributed by atoms with Gasteiger partial charge >= 0.3 is 0 Å². The Kier molecular flexibility index (Phi) is 3.75. The second-order valence-corrected chi connectivity index (χ2v) is 4.98. The van der Waals surface area contributed by atoms with E-state index in [0.29, 0.717) is 18.7 Å². The van der Waals surface area contributed by atoms with Crippen molar-refractivity contribution in [2.24, 2.45) is 11.1 Å². The molecule has 0 unspecified atom stereocenters. The minimum Gasteiger partial charge on any atom is -0.469 e. The van der Waals surface area contributed by atoms with E-state index in [2.05, 4.69) is 0 Å². The van der Waals surface area contributed by atoms with Gasteiger partial charge in [-0.3, -0.25) is 4.79 Å². The molecule has 0 atom stereocenters. The van der Waals surface area contributed by atoms with Gasteiger partial charge in [0.2, 0.25) is 0 Å². The molecule has 0 aliphatic carbocycles. The molecule has 0 spiro atoms. The summed E-state index contributed by atoms with van der Waals surface area (Å²) >= 11 is 0. The summed E-state index contributed by atoms with van der Waals surface area (Å²) in [5, 5.41) is 0. The Bertz CT molecular complexity index is 369. The molecule has 4 heteroatoms. The van der Waals surface area contributed by atoms with Gasteiger partial charge in [-0.25, -0.2) is 0 Å². The van der Waals surface area contributed by atoms with Gasteiger partial charge in [0.05, 0.1) is 5.56 Å². The fraction of sp³-hybridized carbons (Fsp3) is 0.583. The summed E-state index contributed by atoms with van der Waals surface area (Å²) in [6, 6.07) is 1.74. The van der Waals surface area contributed by atoms with E-state index in [-0.39, 0.29) is 11.3 Å². The number of aryl methyl sites for hydroxylation is 1. The molecule has 1 aromatic heterocycles. The van der Waals surface area contributed by atoms with E-state index in [1.54, 1.807) is 18.0 Å². The molecule has 0 saturated carbocycles. The highest BCUT2D eigenvalue weighted by Crippen LogP contribution is 2.16. The molecule has 4 nitrogen and oxygen atoms in total. The van der Waals surface area contributed by atoms with Gasteiger partial charge < -0.3 is 15.1 Å². The summed E-state index contributed by atoms with van der Waals surface area (Å²) in [4.78, 5) is 13.7. The van der Waals surface area contributed by atoms with E-state index in [0.717, 1.165) is 5.76 Å². The number of furan rings is 1. The van der Waals surface area contributed by atoms with Gasteiger partial charge in [-0.1, -0.05) is 13.8 Å². The van der Waals surface area contributed by atoms with Crippen LogP contribution in [0.25, 0.3) is 0 Å². The maximum Gasteiger partial charge on any atom is 0.256 e. The number of amides is 1.